The second kappa shape index (κ2) is 7.16. The van der Waals surface area contributed by atoms with Crippen molar-refractivity contribution in [2.24, 2.45) is 0 Å². The van der Waals surface area contributed by atoms with Gasteiger partial charge >= 0.3 is 5.69 Å². The Kier molecular flexibility index (Phi) is 5.03. The molecule has 148 valence electrons. The van der Waals surface area contributed by atoms with Gasteiger partial charge in [-0.3, -0.25) is 14.8 Å². The summed E-state index contributed by atoms with van der Waals surface area (Å²) < 4.78 is 32.8. The van der Waals surface area contributed by atoms with Gasteiger partial charge in [0.15, 0.2) is 5.75 Å². The molecule has 3 aromatic rings. The quantitative estimate of drug-likeness (QED) is 0.491. The van der Waals surface area contributed by atoms with Crippen LogP contribution in [0.15, 0.2) is 42.6 Å². The average molecular weight is 403 g/mol. The highest BCUT2D eigenvalue weighted by Crippen LogP contribution is 2.38. The molecule has 0 amide bonds. The fraction of sp³-hybridized carbons (Fsp3) is 0.263. The van der Waals surface area contributed by atoms with Crippen molar-refractivity contribution in [2.45, 2.75) is 19.9 Å². The number of nitrogens with one attached hydrogen (secondary N) is 1. The molecular weight excluding hydrogens is 382 g/mol. The summed E-state index contributed by atoms with van der Waals surface area (Å²) in [6.07, 6.45) is 3.06. The van der Waals surface area contributed by atoms with Crippen LogP contribution in [0, 0.1) is 10.1 Å². The van der Waals surface area contributed by atoms with E-state index in [0.717, 1.165) is 28.3 Å². The number of hydrogen-bond acceptors (Lipinski definition) is 5. The van der Waals surface area contributed by atoms with Gasteiger partial charge in [-0.05, 0) is 43.7 Å². The number of aromatic nitrogens is 1. The summed E-state index contributed by atoms with van der Waals surface area (Å²) in [4.78, 5) is 10.7. The molecule has 1 aromatic heterocycles. The van der Waals surface area contributed by atoms with Crippen LogP contribution in [-0.4, -0.2) is 31.3 Å². The summed E-state index contributed by atoms with van der Waals surface area (Å²) in [5.41, 5.74) is 2.88. The van der Waals surface area contributed by atoms with Crippen molar-refractivity contribution in [3.63, 3.8) is 0 Å². The maximum absolute atomic E-state index is 11.6. The molecule has 0 aliphatic heterocycles. The van der Waals surface area contributed by atoms with Gasteiger partial charge < -0.3 is 9.30 Å². The number of anilines is 1. The van der Waals surface area contributed by atoms with Gasteiger partial charge in [-0.25, -0.2) is 8.42 Å². The number of nitrogens with zero attached hydrogens (tertiary/aromatic N) is 2. The number of ether oxygens (including phenoxy) is 1. The number of sulfonamides is 1. The van der Waals surface area contributed by atoms with E-state index in [4.69, 9.17) is 4.74 Å². The van der Waals surface area contributed by atoms with Gasteiger partial charge in [0.25, 0.3) is 0 Å². The molecule has 1 heterocycles. The van der Waals surface area contributed by atoms with Crippen molar-refractivity contribution in [2.75, 3.05) is 18.1 Å². The third-order valence-electron chi connectivity index (χ3n) is 4.38. The molecule has 0 aliphatic carbocycles. The molecule has 0 saturated heterocycles. The topological polar surface area (TPSA) is 103 Å². The number of methoxy groups -OCH3 is 1. The Hall–Kier alpha value is -3.07. The van der Waals surface area contributed by atoms with E-state index in [1.54, 1.807) is 24.3 Å². The summed E-state index contributed by atoms with van der Waals surface area (Å²) in [7, 11) is -1.99. The Bertz CT molecular complexity index is 1170. The van der Waals surface area contributed by atoms with Crippen LogP contribution in [0.4, 0.5) is 11.4 Å². The van der Waals surface area contributed by atoms with Gasteiger partial charge in [-0.1, -0.05) is 6.07 Å². The van der Waals surface area contributed by atoms with Crippen LogP contribution >= 0.6 is 0 Å². The highest BCUT2D eigenvalue weighted by Gasteiger charge is 2.18. The predicted octanol–water partition coefficient (Wildman–Crippen LogP) is 4.18. The SMILES string of the molecule is COc1cc(-c2cn(C(C)C)c3cc(NS(C)(=O)=O)ccc23)ccc1[N+](=O)[O-]. The van der Waals surface area contributed by atoms with E-state index in [0.29, 0.717) is 5.69 Å². The highest BCUT2D eigenvalue weighted by atomic mass is 32.2. The van der Waals surface area contributed by atoms with E-state index >= 15 is 0 Å². The fourth-order valence-corrected chi connectivity index (χ4v) is 3.74. The zero-order valence-corrected chi connectivity index (χ0v) is 16.8. The van der Waals surface area contributed by atoms with Crippen LogP contribution in [0.2, 0.25) is 0 Å². The Morgan fingerprint density at radius 3 is 2.46 bits per heavy atom. The zero-order chi connectivity index (χ0) is 20.6. The third kappa shape index (κ3) is 3.79. The molecule has 3 rings (SSSR count). The number of fused-ring (bicyclic) bond motifs is 1. The molecule has 2 aromatic carbocycles. The first kappa shape index (κ1) is 19.7. The highest BCUT2D eigenvalue weighted by molar-refractivity contribution is 7.92. The van der Waals surface area contributed by atoms with E-state index in [1.807, 2.05) is 30.7 Å². The standard InChI is InChI=1S/C19H21N3O5S/c1-12(2)21-11-16(13-5-8-17(22(23)24)19(9-13)27-3)15-7-6-14(10-18(15)21)20-28(4,25)26/h5-12,20H,1-4H3. The second-order valence-corrected chi connectivity index (χ2v) is 8.54. The van der Waals surface area contributed by atoms with Crippen molar-refractivity contribution in [1.82, 2.24) is 4.57 Å². The molecule has 28 heavy (non-hydrogen) atoms. The molecule has 0 bridgehead atoms. The van der Waals surface area contributed by atoms with Crippen LogP contribution < -0.4 is 9.46 Å². The van der Waals surface area contributed by atoms with E-state index in [1.165, 1.54) is 13.2 Å². The molecule has 9 heteroatoms. The number of rotatable bonds is 6. The monoisotopic (exact) mass is 403 g/mol. The Morgan fingerprint density at radius 1 is 1.18 bits per heavy atom. The summed E-state index contributed by atoms with van der Waals surface area (Å²) >= 11 is 0. The summed E-state index contributed by atoms with van der Waals surface area (Å²) in [6.45, 7) is 4.05. The first-order valence-electron chi connectivity index (χ1n) is 8.56. The van der Waals surface area contributed by atoms with Gasteiger partial charge in [0.1, 0.15) is 0 Å². The molecule has 0 aliphatic rings. The number of hydrogen-bond donors (Lipinski definition) is 1. The van der Waals surface area contributed by atoms with Gasteiger partial charge in [-0.15, -0.1) is 0 Å². The molecule has 0 saturated carbocycles. The van der Waals surface area contributed by atoms with E-state index < -0.39 is 14.9 Å². The molecule has 0 atom stereocenters. The smallest absolute Gasteiger partial charge is 0.310 e. The number of nitro groups is 1. The maximum Gasteiger partial charge on any atom is 0.310 e. The van der Waals surface area contributed by atoms with E-state index in [-0.39, 0.29) is 17.5 Å². The Morgan fingerprint density at radius 2 is 1.89 bits per heavy atom. The van der Waals surface area contributed by atoms with Crippen LogP contribution in [0.25, 0.3) is 22.0 Å². The van der Waals surface area contributed by atoms with Gasteiger partial charge in [0, 0.05) is 29.3 Å². The lowest BCUT2D eigenvalue weighted by molar-refractivity contribution is -0.385. The lowest BCUT2D eigenvalue weighted by atomic mass is 10.0. The maximum atomic E-state index is 11.6. The molecule has 0 unspecified atom stereocenters. The van der Waals surface area contributed by atoms with Gasteiger partial charge in [0.05, 0.1) is 29.5 Å². The normalized spacial score (nSPS) is 11.8. The minimum Gasteiger partial charge on any atom is -0.490 e. The minimum atomic E-state index is -3.39. The molecule has 0 spiro atoms. The van der Waals surface area contributed by atoms with Crippen molar-refractivity contribution >= 4 is 32.3 Å². The Balaban J connectivity index is 2.21. The first-order valence-corrected chi connectivity index (χ1v) is 10.4. The van der Waals surface area contributed by atoms with Crippen molar-refractivity contribution in [1.29, 1.82) is 0 Å². The summed E-state index contributed by atoms with van der Waals surface area (Å²) in [5, 5.41) is 12.1. The first-order chi connectivity index (χ1) is 13.1. The van der Waals surface area contributed by atoms with Crippen LogP contribution in [0.5, 0.6) is 5.75 Å². The van der Waals surface area contributed by atoms with Crippen molar-refractivity contribution in [3.05, 3.63) is 52.7 Å². The molecule has 0 radical (unpaired) electrons. The minimum absolute atomic E-state index is 0.0986. The summed E-state index contributed by atoms with van der Waals surface area (Å²) in [5.74, 6) is 0.184. The van der Waals surface area contributed by atoms with Crippen LogP contribution in [-0.2, 0) is 10.0 Å². The largest absolute Gasteiger partial charge is 0.490 e. The zero-order valence-electron chi connectivity index (χ0n) is 16.0. The molecular formula is C19H21N3O5S. The molecule has 8 nitrogen and oxygen atoms in total. The van der Waals surface area contributed by atoms with E-state index in [9.17, 15) is 18.5 Å². The summed E-state index contributed by atoms with van der Waals surface area (Å²) in [6, 6.07) is 10.2. The fourth-order valence-electron chi connectivity index (χ4n) is 3.18. The van der Waals surface area contributed by atoms with Crippen LogP contribution in [0.3, 0.4) is 0 Å². The second-order valence-electron chi connectivity index (χ2n) is 6.79. The van der Waals surface area contributed by atoms with E-state index in [2.05, 4.69) is 4.72 Å². The van der Waals surface area contributed by atoms with Crippen molar-refractivity contribution < 1.29 is 18.1 Å². The average Bonchev–Trinajstić information content (AvgIpc) is 2.98. The van der Waals surface area contributed by atoms with Gasteiger partial charge in [0.2, 0.25) is 10.0 Å². The third-order valence-corrected chi connectivity index (χ3v) is 4.99. The molecule has 0 fully saturated rings. The lowest BCUT2D eigenvalue weighted by Crippen LogP contribution is -2.09. The Labute approximate surface area is 162 Å². The lowest BCUT2D eigenvalue weighted by Gasteiger charge is -2.10. The van der Waals surface area contributed by atoms with Gasteiger partial charge in [-0.2, -0.15) is 0 Å². The molecule has 1 N–H and O–H groups in total. The van der Waals surface area contributed by atoms with Crippen molar-refractivity contribution in [3.8, 4) is 16.9 Å². The number of nitro benzene ring substituents is 1. The predicted molar refractivity (Wildman–Crippen MR) is 109 cm³/mol. The van der Waals surface area contributed by atoms with Crippen LogP contribution in [0.1, 0.15) is 19.9 Å². The number of benzene rings is 2.